The lowest BCUT2D eigenvalue weighted by Crippen LogP contribution is -2.29. The second kappa shape index (κ2) is 14.4. The molecule has 1 saturated heterocycles. The molecule has 0 radical (unpaired) electrons. The molecular formula is C36H31N3O5S2. The molecule has 1 aromatic heterocycles. The van der Waals surface area contributed by atoms with Crippen LogP contribution in [0, 0.1) is 0 Å². The molecule has 1 atom stereocenters. The predicted molar refractivity (Wildman–Crippen MR) is 180 cm³/mol. The fourth-order valence-corrected chi connectivity index (χ4v) is 6.82. The quantitative estimate of drug-likeness (QED) is 0.0359. The van der Waals surface area contributed by atoms with Crippen LogP contribution in [0.4, 0.5) is 5.13 Å². The minimum atomic E-state index is -0.972. The molecule has 4 aromatic carbocycles. The van der Waals surface area contributed by atoms with Gasteiger partial charge in [0.15, 0.2) is 4.34 Å². The summed E-state index contributed by atoms with van der Waals surface area (Å²) in [6, 6.07) is 32.3. The molecule has 10 heteroatoms. The molecule has 5 aromatic rings. The van der Waals surface area contributed by atoms with Crippen LogP contribution in [-0.2, 0) is 15.3 Å². The van der Waals surface area contributed by atoms with Gasteiger partial charge in [0, 0.05) is 11.3 Å². The topological polar surface area (TPSA) is 102 Å². The third kappa shape index (κ3) is 6.98. The lowest BCUT2D eigenvalue weighted by molar-refractivity contribution is -0.132. The molecule has 8 nitrogen and oxygen atoms in total. The predicted octanol–water partition coefficient (Wildman–Crippen LogP) is 8.43. The molecule has 1 N–H and O–H groups in total. The number of nitrogens with zero attached hydrogens (tertiary/aromatic N) is 3. The van der Waals surface area contributed by atoms with Crippen molar-refractivity contribution < 1.29 is 24.2 Å². The van der Waals surface area contributed by atoms with Crippen molar-refractivity contribution in [2.24, 2.45) is 0 Å². The van der Waals surface area contributed by atoms with Crippen LogP contribution in [0.5, 0.6) is 17.2 Å². The number of unbranched alkanes of at least 4 members (excludes halogenated alkanes) is 1. The van der Waals surface area contributed by atoms with Crippen molar-refractivity contribution in [3.8, 4) is 17.2 Å². The fourth-order valence-electron chi connectivity index (χ4n) is 4.99. The van der Waals surface area contributed by atoms with Gasteiger partial charge in [-0.05, 0) is 66.1 Å². The van der Waals surface area contributed by atoms with E-state index in [1.807, 2.05) is 60.7 Å². The molecule has 46 heavy (non-hydrogen) atoms. The van der Waals surface area contributed by atoms with Gasteiger partial charge >= 0.3 is 5.91 Å². The summed E-state index contributed by atoms with van der Waals surface area (Å²) in [5, 5.41) is 20.5. The van der Waals surface area contributed by atoms with Crippen molar-refractivity contribution in [2.75, 3.05) is 11.5 Å². The zero-order valence-corrected chi connectivity index (χ0v) is 26.7. The number of amides is 1. The lowest BCUT2D eigenvalue weighted by atomic mass is 9.95. The van der Waals surface area contributed by atoms with Crippen LogP contribution in [0.25, 0.3) is 5.76 Å². The molecule has 0 unspecified atom stereocenters. The second-order valence-corrected chi connectivity index (χ2v) is 12.7. The SMILES string of the molecule is CCCCOc1ccc(C(O)=C2C(=O)C(=O)N(c3nnc(SCc4ccccc4)s3)[C@@H]2c2cccc(Oc3ccccc3)c2)cc1. The number of hydrogen-bond donors (Lipinski definition) is 1. The number of aromatic nitrogens is 2. The van der Waals surface area contributed by atoms with E-state index in [4.69, 9.17) is 9.47 Å². The van der Waals surface area contributed by atoms with Gasteiger partial charge in [-0.25, -0.2) is 0 Å². The maximum atomic E-state index is 13.7. The standard InChI is InChI=1S/C36H31N3O5S2/c1-2-3-21-43-27-19-17-25(18-20-27)32(40)30-31(26-13-10-16-29(22-26)44-28-14-8-5-9-15-28)39(34(42)33(30)41)35-37-38-36(46-35)45-23-24-11-6-4-7-12-24/h4-20,22,31,40H,2-3,21,23H2,1H3/t31-/m1/s1. The number of rotatable bonds is 12. The Hall–Kier alpha value is -4.93. The molecular weight excluding hydrogens is 619 g/mol. The van der Waals surface area contributed by atoms with Gasteiger partial charge in [0.2, 0.25) is 5.13 Å². The minimum absolute atomic E-state index is 0.0461. The number of carbonyl (C=O) groups is 2. The molecule has 0 saturated carbocycles. The normalized spacial score (nSPS) is 15.7. The number of Topliss-reactive ketones (excluding diaryl/α,β-unsaturated/α-hetero) is 1. The maximum absolute atomic E-state index is 13.7. The Bertz CT molecular complexity index is 1840. The molecule has 0 bridgehead atoms. The Morgan fingerprint density at radius 1 is 0.870 bits per heavy atom. The highest BCUT2D eigenvalue weighted by Crippen LogP contribution is 2.45. The van der Waals surface area contributed by atoms with Gasteiger partial charge in [-0.3, -0.25) is 14.5 Å². The molecule has 1 amide bonds. The van der Waals surface area contributed by atoms with Crippen LogP contribution in [0.1, 0.15) is 42.5 Å². The highest BCUT2D eigenvalue weighted by molar-refractivity contribution is 8.00. The highest BCUT2D eigenvalue weighted by Gasteiger charge is 2.48. The van der Waals surface area contributed by atoms with Crippen molar-refractivity contribution in [3.05, 3.63) is 131 Å². The number of ketones is 1. The van der Waals surface area contributed by atoms with Gasteiger partial charge in [-0.15, -0.1) is 10.2 Å². The number of anilines is 1. The van der Waals surface area contributed by atoms with Gasteiger partial charge in [0.25, 0.3) is 5.78 Å². The van der Waals surface area contributed by atoms with Crippen molar-refractivity contribution in [3.63, 3.8) is 0 Å². The molecule has 1 aliphatic heterocycles. The molecule has 232 valence electrons. The first-order valence-electron chi connectivity index (χ1n) is 14.9. The maximum Gasteiger partial charge on any atom is 0.301 e. The van der Waals surface area contributed by atoms with Crippen molar-refractivity contribution in [1.82, 2.24) is 10.2 Å². The van der Waals surface area contributed by atoms with E-state index < -0.39 is 17.7 Å². The summed E-state index contributed by atoms with van der Waals surface area (Å²) in [7, 11) is 0. The first kappa shape index (κ1) is 31.1. The smallest absolute Gasteiger partial charge is 0.301 e. The molecule has 0 spiro atoms. The number of aliphatic hydroxyl groups excluding tert-OH is 1. The number of benzene rings is 4. The van der Waals surface area contributed by atoms with Gasteiger partial charge < -0.3 is 14.6 Å². The van der Waals surface area contributed by atoms with E-state index >= 15 is 0 Å². The minimum Gasteiger partial charge on any atom is -0.507 e. The highest BCUT2D eigenvalue weighted by atomic mass is 32.2. The van der Waals surface area contributed by atoms with Crippen LogP contribution < -0.4 is 14.4 Å². The summed E-state index contributed by atoms with van der Waals surface area (Å²) < 4.78 is 12.5. The Kier molecular flexibility index (Phi) is 9.76. The van der Waals surface area contributed by atoms with Crippen molar-refractivity contribution >= 4 is 45.7 Å². The van der Waals surface area contributed by atoms with Crippen LogP contribution in [0.3, 0.4) is 0 Å². The van der Waals surface area contributed by atoms with E-state index in [1.54, 1.807) is 48.5 Å². The zero-order valence-electron chi connectivity index (χ0n) is 25.0. The van der Waals surface area contributed by atoms with Crippen molar-refractivity contribution in [2.45, 2.75) is 35.9 Å². The summed E-state index contributed by atoms with van der Waals surface area (Å²) in [5.41, 5.74) is 2.04. The van der Waals surface area contributed by atoms with E-state index in [-0.39, 0.29) is 16.5 Å². The van der Waals surface area contributed by atoms with Crippen LogP contribution in [-0.4, -0.2) is 33.6 Å². The second-order valence-electron chi connectivity index (χ2n) is 10.5. The first-order chi connectivity index (χ1) is 22.5. The number of ether oxygens (including phenoxy) is 2. The number of thioether (sulfide) groups is 1. The van der Waals surface area contributed by atoms with E-state index in [1.165, 1.54) is 28.0 Å². The van der Waals surface area contributed by atoms with E-state index in [2.05, 4.69) is 17.1 Å². The van der Waals surface area contributed by atoms with E-state index in [0.29, 0.717) is 45.1 Å². The molecule has 0 aliphatic carbocycles. The third-order valence-electron chi connectivity index (χ3n) is 7.30. The number of hydrogen-bond acceptors (Lipinski definition) is 9. The molecule has 1 aliphatic rings. The summed E-state index contributed by atoms with van der Waals surface area (Å²) in [4.78, 5) is 28.7. The van der Waals surface area contributed by atoms with Crippen LogP contribution in [0.2, 0.25) is 0 Å². The van der Waals surface area contributed by atoms with Gasteiger partial charge in [0.1, 0.15) is 23.0 Å². The summed E-state index contributed by atoms with van der Waals surface area (Å²) in [6.45, 7) is 2.67. The van der Waals surface area contributed by atoms with Gasteiger partial charge in [-0.2, -0.15) is 0 Å². The summed E-state index contributed by atoms with van der Waals surface area (Å²) in [5.74, 6) is 0.587. The summed E-state index contributed by atoms with van der Waals surface area (Å²) in [6.07, 6.45) is 1.94. The van der Waals surface area contributed by atoms with Gasteiger partial charge in [0.05, 0.1) is 18.2 Å². The third-order valence-corrected chi connectivity index (χ3v) is 9.43. The largest absolute Gasteiger partial charge is 0.507 e. The lowest BCUT2D eigenvalue weighted by Gasteiger charge is -2.23. The molecule has 6 rings (SSSR count). The number of carbonyl (C=O) groups excluding carboxylic acids is 2. The Morgan fingerprint density at radius 3 is 2.33 bits per heavy atom. The first-order valence-corrected chi connectivity index (χ1v) is 16.7. The fraction of sp³-hybridized carbons (Fsp3) is 0.167. The molecule has 2 heterocycles. The summed E-state index contributed by atoms with van der Waals surface area (Å²) >= 11 is 2.72. The Labute approximate surface area is 275 Å². The van der Waals surface area contributed by atoms with Gasteiger partial charge in [-0.1, -0.05) is 97.1 Å². The van der Waals surface area contributed by atoms with Crippen LogP contribution in [0.15, 0.2) is 119 Å². The zero-order chi connectivity index (χ0) is 31.9. The Morgan fingerprint density at radius 2 is 1.59 bits per heavy atom. The number of para-hydroxylation sites is 1. The average molecular weight is 650 g/mol. The molecule has 1 fully saturated rings. The van der Waals surface area contributed by atoms with E-state index in [0.717, 1.165) is 18.4 Å². The number of aliphatic hydroxyl groups is 1. The van der Waals surface area contributed by atoms with Crippen molar-refractivity contribution in [1.29, 1.82) is 0 Å². The average Bonchev–Trinajstić information content (AvgIpc) is 3.66. The monoisotopic (exact) mass is 649 g/mol. The van der Waals surface area contributed by atoms with E-state index in [9.17, 15) is 14.7 Å². The Balaban J connectivity index is 1.37. The van der Waals surface area contributed by atoms with Crippen LogP contribution >= 0.6 is 23.1 Å².